The van der Waals surface area contributed by atoms with E-state index in [2.05, 4.69) is 0 Å². The molecule has 0 amide bonds. The van der Waals surface area contributed by atoms with E-state index in [0.29, 0.717) is 25.7 Å². The Labute approximate surface area is 107 Å². The van der Waals surface area contributed by atoms with Crippen molar-refractivity contribution in [2.45, 2.75) is 44.6 Å². The normalized spacial score (nSPS) is 23.7. The lowest BCUT2D eigenvalue weighted by atomic mass is 9.81. The molecule has 0 spiro atoms. The van der Waals surface area contributed by atoms with Crippen LogP contribution in [0.15, 0.2) is 30.3 Å². The maximum Gasteiger partial charge on any atom is 0.305 e. The van der Waals surface area contributed by atoms with E-state index >= 15 is 0 Å². The predicted molar refractivity (Wildman–Crippen MR) is 68.2 cm³/mol. The van der Waals surface area contributed by atoms with Gasteiger partial charge in [0, 0.05) is 25.2 Å². The van der Waals surface area contributed by atoms with Crippen LogP contribution in [0.1, 0.15) is 44.1 Å². The fourth-order valence-corrected chi connectivity index (χ4v) is 2.41. The van der Waals surface area contributed by atoms with E-state index in [-0.39, 0.29) is 23.8 Å². The zero-order valence-electron chi connectivity index (χ0n) is 10.6. The van der Waals surface area contributed by atoms with Gasteiger partial charge in [-0.25, -0.2) is 0 Å². The highest BCUT2D eigenvalue weighted by Crippen LogP contribution is 2.33. The summed E-state index contributed by atoms with van der Waals surface area (Å²) in [5, 5.41) is 0. The summed E-state index contributed by atoms with van der Waals surface area (Å²) in [5.74, 6) is 0.0888. The van der Waals surface area contributed by atoms with Crippen molar-refractivity contribution in [1.82, 2.24) is 0 Å². The Morgan fingerprint density at radius 2 is 2.06 bits per heavy atom. The second kappa shape index (κ2) is 5.80. The molecule has 0 aliphatic heterocycles. The van der Waals surface area contributed by atoms with Crippen LogP contribution in [0, 0.1) is 0 Å². The van der Waals surface area contributed by atoms with Crippen molar-refractivity contribution in [2.24, 2.45) is 0 Å². The molecule has 18 heavy (non-hydrogen) atoms. The summed E-state index contributed by atoms with van der Waals surface area (Å²) < 4.78 is 5.46. The highest BCUT2D eigenvalue weighted by Gasteiger charge is 2.32. The molecule has 3 heteroatoms. The monoisotopic (exact) mass is 246 g/mol. The number of ketones is 1. The van der Waals surface area contributed by atoms with Crippen molar-refractivity contribution >= 4 is 11.8 Å². The van der Waals surface area contributed by atoms with Crippen LogP contribution in [0.3, 0.4) is 0 Å². The van der Waals surface area contributed by atoms with Crippen molar-refractivity contribution in [3.8, 4) is 0 Å². The highest BCUT2D eigenvalue weighted by molar-refractivity contribution is 5.80. The lowest BCUT2D eigenvalue weighted by molar-refractivity contribution is -0.152. The van der Waals surface area contributed by atoms with E-state index in [1.165, 1.54) is 0 Å². The van der Waals surface area contributed by atoms with Crippen LogP contribution in [0.25, 0.3) is 0 Å². The molecule has 0 heterocycles. The summed E-state index contributed by atoms with van der Waals surface area (Å²) in [7, 11) is 0. The van der Waals surface area contributed by atoms with Crippen LogP contribution >= 0.6 is 0 Å². The lowest BCUT2D eigenvalue weighted by Gasteiger charge is -2.30. The highest BCUT2D eigenvalue weighted by atomic mass is 16.5. The predicted octanol–water partition coefficient (Wildman–Crippen LogP) is 2.85. The fourth-order valence-electron chi connectivity index (χ4n) is 2.41. The quantitative estimate of drug-likeness (QED) is 0.770. The molecule has 1 saturated carbocycles. The van der Waals surface area contributed by atoms with Gasteiger partial charge < -0.3 is 4.74 Å². The van der Waals surface area contributed by atoms with Crippen molar-refractivity contribution in [3.63, 3.8) is 0 Å². The zero-order valence-corrected chi connectivity index (χ0v) is 10.6. The van der Waals surface area contributed by atoms with Crippen LogP contribution in [-0.4, -0.2) is 17.9 Å². The van der Waals surface area contributed by atoms with Gasteiger partial charge in [0.05, 0.1) is 0 Å². The molecule has 1 aliphatic carbocycles. The number of benzene rings is 1. The number of esters is 1. The average Bonchev–Trinajstić information content (AvgIpc) is 2.41. The Hall–Kier alpha value is -1.64. The zero-order chi connectivity index (χ0) is 13.0. The molecular formula is C15H18O3. The molecule has 1 aromatic rings. The van der Waals surface area contributed by atoms with Crippen molar-refractivity contribution in [2.75, 3.05) is 0 Å². The minimum absolute atomic E-state index is 0.0166. The number of hydrogen-bond acceptors (Lipinski definition) is 3. The fraction of sp³-hybridized carbons (Fsp3) is 0.467. The molecule has 0 N–H and O–H groups in total. The van der Waals surface area contributed by atoms with Crippen LogP contribution in [0.5, 0.6) is 0 Å². The molecule has 2 rings (SSSR count). The summed E-state index contributed by atoms with van der Waals surface area (Å²) in [5.41, 5.74) is 1.08. The molecule has 2 atom stereocenters. The average molecular weight is 246 g/mol. The summed E-state index contributed by atoms with van der Waals surface area (Å²) in [4.78, 5) is 23.0. The van der Waals surface area contributed by atoms with E-state index in [4.69, 9.17) is 4.74 Å². The maximum atomic E-state index is 11.6. The molecule has 3 nitrogen and oxygen atoms in total. The molecule has 1 fully saturated rings. The molecule has 0 bridgehead atoms. The molecule has 0 saturated heterocycles. The van der Waals surface area contributed by atoms with E-state index in [1.54, 1.807) is 6.92 Å². The number of carbonyl (C=O) groups is 2. The summed E-state index contributed by atoms with van der Waals surface area (Å²) in [6.07, 6.45) is 1.87. The van der Waals surface area contributed by atoms with Crippen LogP contribution in [0.4, 0.5) is 0 Å². The van der Waals surface area contributed by atoms with Gasteiger partial charge in [-0.2, -0.15) is 0 Å². The smallest absolute Gasteiger partial charge is 0.305 e. The Kier molecular flexibility index (Phi) is 4.13. The Bertz CT molecular complexity index is 425. The first-order valence-corrected chi connectivity index (χ1v) is 6.47. The van der Waals surface area contributed by atoms with Gasteiger partial charge in [0.2, 0.25) is 0 Å². The van der Waals surface area contributed by atoms with E-state index in [1.807, 2.05) is 30.3 Å². The number of carbonyl (C=O) groups excluding carboxylic acids is 2. The molecular weight excluding hydrogens is 228 g/mol. The third-order valence-corrected chi connectivity index (χ3v) is 3.40. The summed E-state index contributed by atoms with van der Waals surface area (Å²) in [6.45, 7) is 1.79. The minimum Gasteiger partial charge on any atom is -0.462 e. The Morgan fingerprint density at radius 1 is 1.33 bits per heavy atom. The number of ether oxygens (including phenoxy) is 1. The molecule has 0 aromatic heterocycles. The standard InChI is InChI=1S/C15H18O3/c1-2-15(17)18-14-9-8-12(16)10-13(14)11-6-4-3-5-7-11/h3-7,13-14H,2,8-10H2,1H3. The first-order valence-electron chi connectivity index (χ1n) is 6.47. The maximum absolute atomic E-state index is 11.6. The summed E-state index contributed by atoms with van der Waals surface area (Å²) in [6, 6.07) is 9.84. The van der Waals surface area contributed by atoms with Gasteiger partial charge in [-0.05, 0) is 12.0 Å². The number of Topliss-reactive ketones (excluding diaryl/α,β-unsaturated/α-hetero) is 1. The molecule has 1 aliphatic rings. The van der Waals surface area contributed by atoms with Gasteiger partial charge >= 0.3 is 5.97 Å². The second-order valence-corrected chi connectivity index (χ2v) is 4.68. The SMILES string of the molecule is CCC(=O)OC1CCC(=O)CC1c1ccccc1. The third kappa shape index (κ3) is 2.97. The van der Waals surface area contributed by atoms with E-state index in [0.717, 1.165) is 5.56 Å². The third-order valence-electron chi connectivity index (χ3n) is 3.40. The van der Waals surface area contributed by atoms with Crippen molar-refractivity contribution in [1.29, 1.82) is 0 Å². The van der Waals surface area contributed by atoms with Gasteiger partial charge in [-0.15, -0.1) is 0 Å². The lowest BCUT2D eigenvalue weighted by Crippen LogP contribution is -2.31. The second-order valence-electron chi connectivity index (χ2n) is 4.68. The van der Waals surface area contributed by atoms with Crippen LogP contribution in [-0.2, 0) is 14.3 Å². The first kappa shape index (κ1) is 12.8. The minimum atomic E-state index is -0.185. The van der Waals surface area contributed by atoms with Gasteiger partial charge in [-0.1, -0.05) is 37.3 Å². The largest absolute Gasteiger partial charge is 0.462 e. The van der Waals surface area contributed by atoms with E-state index in [9.17, 15) is 9.59 Å². The Balaban J connectivity index is 2.16. The Morgan fingerprint density at radius 3 is 2.72 bits per heavy atom. The number of rotatable bonds is 3. The van der Waals surface area contributed by atoms with Crippen LogP contribution < -0.4 is 0 Å². The van der Waals surface area contributed by atoms with Crippen molar-refractivity contribution in [3.05, 3.63) is 35.9 Å². The van der Waals surface area contributed by atoms with Gasteiger partial charge in [0.15, 0.2) is 0 Å². The van der Waals surface area contributed by atoms with Gasteiger partial charge in [-0.3, -0.25) is 9.59 Å². The molecule has 96 valence electrons. The van der Waals surface area contributed by atoms with Gasteiger partial charge in [0.1, 0.15) is 11.9 Å². The summed E-state index contributed by atoms with van der Waals surface area (Å²) >= 11 is 0. The first-order chi connectivity index (χ1) is 8.70. The van der Waals surface area contributed by atoms with E-state index < -0.39 is 0 Å². The molecule has 0 radical (unpaired) electrons. The van der Waals surface area contributed by atoms with Crippen molar-refractivity contribution < 1.29 is 14.3 Å². The molecule has 1 aromatic carbocycles. The topological polar surface area (TPSA) is 43.4 Å². The molecule has 2 unspecified atom stereocenters. The van der Waals surface area contributed by atoms with Gasteiger partial charge in [0.25, 0.3) is 0 Å². The van der Waals surface area contributed by atoms with Crippen LogP contribution in [0.2, 0.25) is 0 Å². The number of hydrogen-bond donors (Lipinski definition) is 0.